The van der Waals surface area contributed by atoms with Crippen LogP contribution in [0.5, 0.6) is 0 Å². The predicted molar refractivity (Wildman–Crippen MR) is 153 cm³/mol. The summed E-state index contributed by atoms with van der Waals surface area (Å²) in [6.45, 7) is 0.973. The number of imidazole rings is 2. The van der Waals surface area contributed by atoms with E-state index in [4.69, 9.17) is 0 Å². The molecule has 4 aromatic carbocycles. The van der Waals surface area contributed by atoms with Gasteiger partial charge in [0.2, 0.25) is 5.95 Å². The number of para-hydroxylation sites is 4. The van der Waals surface area contributed by atoms with Gasteiger partial charge in [-0.2, -0.15) is 5.43 Å². The minimum Gasteiger partial charge on any atom is -0.390 e. The summed E-state index contributed by atoms with van der Waals surface area (Å²) in [5, 5.41) is 23.8. The van der Waals surface area contributed by atoms with Crippen LogP contribution in [0.25, 0.3) is 22.1 Å². The minimum absolute atomic E-state index is 0.232. The van der Waals surface area contributed by atoms with Gasteiger partial charge in [0.15, 0.2) is 0 Å². The first-order valence-electron chi connectivity index (χ1n) is 12.5. The second kappa shape index (κ2) is 11.0. The molecule has 0 bridgehead atoms. The number of hydrazone groups is 1. The third-order valence-electron chi connectivity index (χ3n) is 6.30. The Hall–Kier alpha value is -5.71. The van der Waals surface area contributed by atoms with E-state index in [1.54, 1.807) is 0 Å². The molecule has 0 spiro atoms. The highest BCUT2D eigenvalue weighted by molar-refractivity contribution is 5.80. The Morgan fingerprint density at radius 2 is 1.25 bits per heavy atom. The van der Waals surface area contributed by atoms with Crippen LogP contribution in [0.1, 0.15) is 11.1 Å². The number of anilines is 1. The lowest BCUT2D eigenvalue weighted by Crippen LogP contribution is -2.12. The number of hydrogen-bond donors (Lipinski definition) is 1. The van der Waals surface area contributed by atoms with Gasteiger partial charge in [-0.05, 0) is 45.4 Å². The summed E-state index contributed by atoms with van der Waals surface area (Å²) < 4.78 is 3.76. The molecule has 0 saturated carbocycles. The van der Waals surface area contributed by atoms with Crippen molar-refractivity contribution >= 4 is 39.9 Å². The first kappa shape index (κ1) is 24.6. The highest BCUT2D eigenvalue weighted by Gasteiger charge is 2.18. The summed E-state index contributed by atoms with van der Waals surface area (Å²) in [6, 6.07) is 34.8. The van der Waals surface area contributed by atoms with Crippen LogP contribution in [0.3, 0.4) is 0 Å². The summed E-state index contributed by atoms with van der Waals surface area (Å²) in [5.74, 6) is -0.150. The third-order valence-corrected chi connectivity index (χ3v) is 6.30. The van der Waals surface area contributed by atoms with Gasteiger partial charge in [-0.15, -0.1) is 0 Å². The molecule has 0 atom stereocenters. The van der Waals surface area contributed by atoms with Crippen molar-refractivity contribution in [2.75, 3.05) is 5.43 Å². The molecule has 40 heavy (non-hydrogen) atoms. The molecule has 0 unspecified atom stereocenters. The predicted octanol–water partition coefficient (Wildman–Crippen LogP) is 6.23. The molecule has 0 radical (unpaired) electrons. The highest BCUT2D eigenvalue weighted by Crippen LogP contribution is 2.24. The summed E-state index contributed by atoms with van der Waals surface area (Å²) in [4.78, 5) is 20.3. The third kappa shape index (κ3) is 5.16. The number of fused-ring (bicyclic) bond motifs is 2. The van der Waals surface area contributed by atoms with Crippen LogP contribution in [-0.4, -0.2) is 30.0 Å². The van der Waals surface area contributed by atoms with Crippen molar-refractivity contribution in [3.8, 4) is 0 Å². The van der Waals surface area contributed by atoms with Crippen LogP contribution >= 0.6 is 0 Å². The van der Waals surface area contributed by atoms with E-state index in [2.05, 4.69) is 30.7 Å². The highest BCUT2D eigenvalue weighted by atomic mass is 16.6. The average Bonchev–Trinajstić information content (AvgIpc) is 3.51. The number of aromatic nitrogens is 4. The van der Waals surface area contributed by atoms with E-state index in [0.29, 0.717) is 24.6 Å². The van der Waals surface area contributed by atoms with E-state index < -0.39 is 10.9 Å². The van der Waals surface area contributed by atoms with E-state index in [1.165, 1.54) is 0 Å². The van der Waals surface area contributed by atoms with Crippen LogP contribution in [0.4, 0.5) is 11.9 Å². The monoisotopic (exact) mass is 529 g/mol. The van der Waals surface area contributed by atoms with Crippen LogP contribution in [0.15, 0.2) is 125 Å². The smallest absolute Gasteiger partial charge is 0.390 e. The average molecular weight is 530 g/mol. The molecule has 11 nitrogen and oxygen atoms in total. The Labute approximate surface area is 228 Å². The van der Waals surface area contributed by atoms with Gasteiger partial charge in [0, 0.05) is 5.10 Å². The standard InChI is InChI=1S/C29H23N9O2/c39-38(40)29(34-32-27-30-23-15-7-9-17-25(23)36(27)19-21-11-3-1-4-12-21)35-33-28-31-24-16-8-10-18-26(24)37(28)20-22-13-5-2-6-14-22/h1-18H,19-20H2,(H,30,32). The SMILES string of the molecule is O=[N+]([O-])C(N=Nc1nc2ccccc2n1Cc1ccccc1)=NNc1nc2ccccc2n1Cc1ccccc1. The topological polar surface area (TPSA) is 128 Å². The lowest BCUT2D eigenvalue weighted by molar-refractivity contribution is -0.352. The van der Waals surface area contributed by atoms with Gasteiger partial charge in [0.1, 0.15) is 0 Å². The van der Waals surface area contributed by atoms with Crippen molar-refractivity contribution in [2.45, 2.75) is 13.1 Å². The van der Waals surface area contributed by atoms with Crippen LogP contribution in [-0.2, 0) is 13.1 Å². The van der Waals surface area contributed by atoms with Crippen molar-refractivity contribution < 1.29 is 4.92 Å². The number of guanidine groups is 1. The lowest BCUT2D eigenvalue weighted by atomic mass is 10.2. The molecular weight excluding hydrogens is 506 g/mol. The number of hydrogen-bond acceptors (Lipinski definition) is 7. The van der Waals surface area contributed by atoms with E-state index in [1.807, 2.05) is 118 Å². The zero-order valence-electron chi connectivity index (χ0n) is 21.2. The molecule has 6 aromatic rings. The Bertz CT molecular complexity index is 1860. The van der Waals surface area contributed by atoms with Gasteiger partial charge in [0.25, 0.3) is 5.95 Å². The summed E-state index contributed by atoms with van der Waals surface area (Å²) in [6.07, 6.45) is 0. The minimum atomic E-state index is -0.725. The fourth-order valence-corrected chi connectivity index (χ4v) is 4.44. The largest absolute Gasteiger partial charge is 0.511 e. The molecule has 6 rings (SSSR count). The quantitative estimate of drug-likeness (QED) is 0.0862. The Balaban J connectivity index is 1.33. The molecule has 0 amide bonds. The zero-order valence-corrected chi connectivity index (χ0v) is 21.2. The van der Waals surface area contributed by atoms with Gasteiger partial charge < -0.3 is 19.2 Å². The normalized spacial score (nSPS) is 11.9. The number of nitrogens with zero attached hydrogens (tertiary/aromatic N) is 8. The van der Waals surface area contributed by atoms with E-state index >= 15 is 0 Å². The van der Waals surface area contributed by atoms with Gasteiger partial charge >= 0.3 is 5.96 Å². The van der Waals surface area contributed by atoms with Crippen LogP contribution in [0, 0.1) is 10.1 Å². The second-order valence-electron chi connectivity index (χ2n) is 8.95. The molecule has 11 heteroatoms. The van der Waals surface area contributed by atoms with Gasteiger partial charge in [0.05, 0.1) is 40.3 Å². The van der Waals surface area contributed by atoms with Crippen molar-refractivity contribution in [3.05, 3.63) is 130 Å². The Morgan fingerprint density at radius 3 is 1.88 bits per heavy atom. The molecule has 0 aliphatic carbocycles. The van der Waals surface area contributed by atoms with Gasteiger partial charge in [-0.1, -0.05) is 84.9 Å². The first-order chi connectivity index (χ1) is 19.7. The maximum absolute atomic E-state index is 11.9. The lowest BCUT2D eigenvalue weighted by Gasteiger charge is -2.07. The number of azo groups is 1. The van der Waals surface area contributed by atoms with Crippen molar-refractivity contribution in [1.29, 1.82) is 0 Å². The molecule has 0 saturated heterocycles. The summed E-state index contributed by atoms with van der Waals surface area (Å²) in [5.41, 5.74) is 7.96. The van der Waals surface area contributed by atoms with Crippen molar-refractivity contribution in [3.63, 3.8) is 0 Å². The summed E-state index contributed by atoms with van der Waals surface area (Å²) >= 11 is 0. The van der Waals surface area contributed by atoms with E-state index in [0.717, 1.165) is 27.7 Å². The number of nitro groups is 1. The summed E-state index contributed by atoms with van der Waals surface area (Å²) in [7, 11) is 0. The van der Waals surface area contributed by atoms with Crippen molar-refractivity contribution in [2.24, 2.45) is 15.3 Å². The molecular formula is C29H23N9O2. The fourth-order valence-electron chi connectivity index (χ4n) is 4.44. The first-order valence-corrected chi connectivity index (χ1v) is 12.5. The number of nitrogens with one attached hydrogen (secondary N) is 1. The number of benzene rings is 4. The van der Waals surface area contributed by atoms with E-state index in [9.17, 15) is 10.1 Å². The molecule has 2 heterocycles. The van der Waals surface area contributed by atoms with Crippen LogP contribution in [0.2, 0.25) is 0 Å². The Morgan fingerprint density at radius 1 is 0.725 bits per heavy atom. The maximum Gasteiger partial charge on any atom is 0.511 e. The second-order valence-corrected chi connectivity index (χ2v) is 8.95. The number of rotatable bonds is 7. The van der Waals surface area contributed by atoms with Gasteiger partial charge in [-0.25, -0.2) is 9.97 Å². The zero-order chi connectivity index (χ0) is 27.3. The molecule has 0 fully saturated rings. The fraction of sp³-hybridized carbons (Fsp3) is 0.0690. The molecule has 1 N–H and O–H groups in total. The Kier molecular flexibility index (Phi) is 6.74. The molecule has 196 valence electrons. The molecule has 0 aliphatic heterocycles. The van der Waals surface area contributed by atoms with Crippen LogP contribution < -0.4 is 5.43 Å². The van der Waals surface area contributed by atoms with Crippen molar-refractivity contribution in [1.82, 2.24) is 19.1 Å². The van der Waals surface area contributed by atoms with E-state index in [-0.39, 0.29) is 5.95 Å². The maximum atomic E-state index is 11.9. The molecule has 2 aromatic heterocycles. The molecule has 0 aliphatic rings. The van der Waals surface area contributed by atoms with Gasteiger partial charge in [-0.3, -0.25) is 0 Å².